The zero-order valence-corrected chi connectivity index (χ0v) is 11.1. The molecule has 0 aromatic heterocycles. The van der Waals surface area contributed by atoms with Gasteiger partial charge in [0.1, 0.15) is 0 Å². The average Bonchev–Trinajstić information content (AvgIpc) is 2.27. The van der Waals surface area contributed by atoms with E-state index >= 15 is 0 Å². The Balaban J connectivity index is 3.29. The second-order valence-electron chi connectivity index (χ2n) is 4.55. The molecule has 0 rings (SSSR count). The molecular weight excluding hydrogens is 184 g/mol. The van der Waals surface area contributed by atoms with E-state index in [1.54, 1.807) is 0 Å². The summed E-state index contributed by atoms with van der Waals surface area (Å²) in [5.74, 6) is 0.804. The van der Waals surface area contributed by atoms with Gasteiger partial charge in [0, 0.05) is 13.2 Å². The van der Waals surface area contributed by atoms with E-state index < -0.39 is 0 Å². The van der Waals surface area contributed by atoms with Gasteiger partial charge in [-0.05, 0) is 18.8 Å². The molecule has 1 heteroatoms. The van der Waals surface area contributed by atoms with Crippen molar-refractivity contribution < 1.29 is 4.74 Å². The standard InChI is InChI=1S/C14H30O/c1-4-7-9-10-11-14(6-3)13-15-12-8-5-2/h14H,4-13H2,1-3H3. The van der Waals surface area contributed by atoms with Crippen molar-refractivity contribution in [1.29, 1.82) is 0 Å². The van der Waals surface area contributed by atoms with Crippen LogP contribution in [0.5, 0.6) is 0 Å². The summed E-state index contributed by atoms with van der Waals surface area (Å²) in [6.07, 6.45) is 10.6. The van der Waals surface area contributed by atoms with E-state index in [1.807, 2.05) is 0 Å². The molecule has 0 N–H and O–H groups in total. The summed E-state index contributed by atoms with van der Waals surface area (Å²) in [5, 5.41) is 0. The lowest BCUT2D eigenvalue weighted by atomic mass is 9.99. The third-order valence-corrected chi connectivity index (χ3v) is 3.04. The summed E-state index contributed by atoms with van der Waals surface area (Å²) in [7, 11) is 0. The smallest absolute Gasteiger partial charge is 0.0494 e. The fraction of sp³-hybridized carbons (Fsp3) is 1.00. The highest BCUT2D eigenvalue weighted by Crippen LogP contribution is 2.14. The van der Waals surface area contributed by atoms with E-state index in [9.17, 15) is 0 Å². The minimum atomic E-state index is 0.804. The number of hydrogen-bond acceptors (Lipinski definition) is 1. The summed E-state index contributed by atoms with van der Waals surface area (Å²) < 4.78 is 5.68. The fourth-order valence-electron chi connectivity index (χ4n) is 1.76. The number of unbranched alkanes of at least 4 members (excludes halogenated alkanes) is 4. The molecule has 0 spiro atoms. The molecule has 92 valence electrons. The zero-order valence-electron chi connectivity index (χ0n) is 11.1. The Morgan fingerprint density at radius 1 is 0.867 bits per heavy atom. The molecule has 0 radical (unpaired) electrons. The minimum Gasteiger partial charge on any atom is -0.381 e. The third-order valence-electron chi connectivity index (χ3n) is 3.04. The van der Waals surface area contributed by atoms with Crippen LogP contribution in [0.2, 0.25) is 0 Å². The van der Waals surface area contributed by atoms with Crippen LogP contribution in [0.3, 0.4) is 0 Å². The molecule has 0 aliphatic heterocycles. The van der Waals surface area contributed by atoms with E-state index in [0.29, 0.717) is 0 Å². The quantitative estimate of drug-likeness (QED) is 0.449. The molecule has 1 atom stereocenters. The van der Waals surface area contributed by atoms with Crippen LogP contribution in [-0.2, 0) is 4.74 Å². The molecule has 0 aliphatic carbocycles. The highest BCUT2D eigenvalue weighted by Gasteiger charge is 2.05. The van der Waals surface area contributed by atoms with Gasteiger partial charge in [0.2, 0.25) is 0 Å². The van der Waals surface area contributed by atoms with Gasteiger partial charge in [0.15, 0.2) is 0 Å². The molecule has 0 saturated carbocycles. The van der Waals surface area contributed by atoms with Gasteiger partial charge in [-0.1, -0.05) is 59.3 Å². The molecule has 0 heterocycles. The molecule has 15 heavy (non-hydrogen) atoms. The summed E-state index contributed by atoms with van der Waals surface area (Å²) in [4.78, 5) is 0. The van der Waals surface area contributed by atoms with Gasteiger partial charge in [-0.3, -0.25) is 0 Å². The molecule has 0 aliphatic rings. The van der Waals surface area contributed by atoms with Crippen molar-refractivity contribution >= 4 is 0 Å². The Hall–Kier alpha value is -0.0400. The lowest BCUT2D eigenvalue weighted by Crippen LogP contribution is -2.09. The highest BCUT2D eigenvalue weighted by atomic mass is 16.5. The van der Waals surface area contributed by atoms with Crippen LogP contribution < -0.4 is 0 Å². The maximum atomic E-state index is 5.68. The van der Waals surface area contributed by atoms with Crippen LogP contribution in [0.1, 0.15) is 72.1 Å². The van der Waals surface area contributed by atoms with Crippen LogP contribution in [0, 0.1) is 5.92 Å². The monoisotopic (exact) mass is 214 g/mol. The van der Waals surface area contributed by atoms with Gasteiger partial charge in [-0.25, -0.2) is 0 Å². The van der Waals surface area contributed by atoms with Crippen molar-refractivity contribution in [1.82, 2.24) is 0 Å². The molecule has 1 nitrogen and oxygen atoms in total. The van der Waals surface area contributed by atoms with E-state index in [-0.39, 0.29) is 0 Å². The Bertz CT molecular complexity index is 99.9. The van der Waals surface area contributed by atoms with Crippen molar-refractivity contribution in [2.75, 3.05) is 13.2 Å². The molecule has 0 saturated heterocycles. The zero-order chi connectivity index (χ0) is 11.4. The lowest BCUT2D eigenvalue weighted by Gasteiger charge is -2.14. The predicted octanol–water partition coefficient (Wildman–Crippen LogP) is 4.80. The molecule has 0 fully saturated rings. The number of ether oxygens (including phenoxy) is 1. The molecule has 0 aromatic carbocycles. The minimum absolute atomic E-state index is 0.804. The van der Waals surface area contributed by atoms with Crippen molar-refractivity contribution in [3.05, 3.63) is 0 Å². The third kappa shape index (κ3) is 10.2. The van der Waals surface area contributed by atoms with Crippen LogP contribution in [0.15, 0.2) is 0 Å². The SMILES string of the molecule is CCCCCCC(CC)COCCCC. The van der Waals surface area contributed by atoms with E-state index in [4.69, 9.17) is 4.74 Å². The van der Waals surface area contributed by atoms with Gasteiger partial charge in [-0.15, -0.1) is 0 Å². The van der Waals surface area contributed by atoms with Crippen LogP contribution in [-0.4, -0.2) is 13.2 Å². The van der Waals surface area contributed by atoms with Gasteiger partial charge in [0.25, 0.3) is 0 Å². The summed E-state index contributed by atoms with van der Waals surface area (Å²) in [5.41, 5.74) is 0. The fourth-order valence-corrected chi connectivity index (χ4v) is 1.76. The van der Waals surface area contributed by atoms with E-state index in [1.165, 1.54) is 51.4 Å². The first-order valence-electron chi connectivity index (χ1n) is 6.92. The lowest BCUT2D eigenvalue weighted by molar-refractivity contribution is 0.0916. The van der Waals surface area contributed by atoms with Crippen LogP contribution >= 0.6 is 0 Å². The Morgan fingerprint density at radius 2 is 1.60 bits per heavy atom. The van der Waals surface area contributed by atoms with Gasteiger partial charge < -0.3 is 4.74 Å². The maximum absolute atomic E-state index is 5.68. The van der Waals surface area contributed by atoms with Gasteiger partial charge in [0.05, 0.1) is 0 Å². The van der Waals surface area contributed by atoms with E-state index in [0.717, 1.165) is 19.1 Å². The first-order valence-corrected chi connectivity index (χ1v) is 6.92. The molecular formula is C14H30O. The van der Waals surface area contributed by atoms with Crippen molar-refractivity contribution in [3.63, 3.8) is 0 Å². The van der Waals surface area contributed by atoms with Crippen LogP contribution in [0.25, 0.3) is 0 Å². The van der Waals surface area contributed by atoms with E-state index in [2.05, 4.69) is 20.8 Å². The Kier molecular flexibility index (Phi) is 12.0. The topological polar surface area (TPSA) is 9.23 Å². The van der Waals surface area contributed by atoms with Gasteiger partial charge in [-0.2, -0.15) is 0 Å². The van der Waals surface area contributed by atoms with Crippen LogP contribution in [0.4, 0.5) is 0 Å². The second kappa shape index (κ2) is 12.0. The summed E-state index contributed by atoms with van der Waals surface area (Å²) in [6.45, 7) is 8.72. The number of rotatable bonds is 11. The van der Waals surface area contributed by atoms with Crippen molar-refractivity contribution in [2.45, 2.75) is 72.1 Å². The summed E-state index contributed by atoms with van der Waals surface area (Å²) in [6, 6.07) is 0. The van der Waals surface area contributed by atoms with Crippen molar-refractivity contribution in [2.24, 2.45) is 5.92 Å². The highest BCUT2D eigenvalue weighted by molar-refractivity contribution is 4.56. The molecule has 0 amide bonds. The molecule has 1 unspecified atom stereocenters. The predicted molar refractivity (Wildman–Crippen MR) is 68.3 cm³/mol. The Morgan fingerprint density at radius 3 is 2.20 bits per heavy atom. The summed E-state index contributed by atoms with van der Waals surface area (Å²) >= 11 is 0. The first-order chi connectivity index (χ1) is 7.35. The molecule has 0 bridgehead atoms. The average molecular weight is 214 g/mol. The van der Waals surface area contributed by atoms with Crippen molar-refractivity contribution in [3.8, 4) is 0 Å². The first kappa shape index (κ1) is 15.0. The molecule has 0 aromatic rings. The largest absolute Gasteiger partial charge is 0.381 e. The number of hydrogen-bond donors (Lipinski definition) is 0. The second-order valence-corrected chi connectivity index (χ2v) is 4.55. The maximum Gasteiger partial charge on any atom is 0.0494 e. The van der Waals surface area contributed by atoms with Gasteiger partial charge >= 0.3 is 0 Å². The Labute approximate surface area is 96.6 Å². The normalized spacial score (nSPS) is 13.0.